The van der Waals surface area contributed by atoms with Gasteiger partial charge in [0.15, 0.2) is 0 Å². The predicted molar refractivity (Wildman–Crippen MR) is 112 cm³/mol. The highest BCUT2D eigenvalue weighted by atomic mass is 19.1. The van der Waals surface area contributed by atoms with Gasteiger partial charge in [0.25, 0.3) is 0 Å². The molecule has 7 heteroatoms. The van der Waals surface area contributed by atoms with E-state index < -0.39 is 0 Å². The van der Waals surface area contributed by atoms with Gasteiger partial charge in [-0.25, -0.2) is 4.39 Å². The van der Waals surface area contributed by atoms with Crippen molar-refractivity contribution >= 4 is 5.91 Å². The van der Waals surface area contributed by atoms with Gasteiger partial charge in [-0.1, -0.05) is 17.3 Å². The fourth-order valence-corrected chi connectivity index (χ4v) is 2.91. The molecule has 1 heterocycles. The molecule has 158 valence electrons. The Morgan fingerprint density at radius 1 is 1.10 bits per heavy atom. The molecule has 2 aromatic carbocycles. The summed E-state index contributed by atoms with van der Waals surface area (Å²) < 4.78 is 23.8. The number of aromatic nitrogens is 2. The number of hydrogen-bond donors (Lipinski definition) is 1. The molecule has 1 N–H and O–H groups in total. The zero-order valence-electron chi connectivity index (χ0n) is 17.2. The molecule has 0 atom stereocenters. The first-order valence-corrected chi connectivity index (χ1v) is 10.1. The first-order chi connectivity index (χ1) is 14.5. The number of ether oxygens (including phenoxy) is 1. The number of halogens is 1. The van der Waals surface area contributed by atoms with Crippen molar-refractivity contribution < 1.29 is 18.4 Å². The van der Waals surface area contributed by atoms with Crippen LogP contribution in [0.25, 0.3) is 11.4 Å². The third kappa shape index (κ3) is 6.69. The molecule has 30 heavy (non-hydrogen) atoms. The molecule has 0 radical (unpaired) electrons. The van der Waals surface area contributed by atoms with Gasteiger partial charge in [0.2, 0.25) is 17.6 Å². The molecule has 0 aliphatic heterocycles. The van der Waals surface area contributed by atoms with Crippen LogP contribution >= 0.6 is 0 Å². The minimum atomic E-state index is -0.314. The number of rotatable bonds is 10. The van der Waals surface area contributed by atoms with E-state index in [-0.39, 0.29) is 17.8 Å². The Bertz CT molecular complexity index is 937. The summed E-state index contributed by atoms with van der Waals surface area (Å²) in [5.41, 5.74) is 1.83. The highest BCUT2D eigenvalue weighted by Gasteiger charge is 2.10. The molecule has 1 aromatic heterocycles. The number of amides is 1. The lowest BCUT2D eigenvalue weighted by Gasteiger charge is -2.10. The molecule has 3 rings (SSSR count). The van der Waals surface area contributed by atoms with Crippen LogP contribution in [-0.4, -0.2) is 28.7 Å². The molecule has 3 aromatic rings. The molecule has 0 spiro atoms. The van der Waals surface area contributed by atoms with E-state index in [1.54, 1.807) is 12.1 Å². The SMILES string of the molecule is CC(C)Oc1ccc(CCNC(=O)CCCc2nc(-c3ccc(F)cc3)no2)cc1. The number of nitrogens with zero attached hydrogens (tertiary/aromatic N) is 2. The average Bonchev–Trinajstić information content (AvgIpc) is 3.18. The van der Waals surface area contributed by atoms with Gasteiger partial charge in [-0.3, -0.25) is 4.79 Å². The van der Waals surface area contributed by atoms with Crippen LogP contribution in [0.2, 0.25) is 0 Å². The summed E-state index contributed by atoms with van der Waals surface area (Å²) in [4.78, 5) is 16.3. The lowest BCUT2D eigenvalue weighted by atomic mass is 10.1. The first-order valence-electron chi connectivity index (χ1n) is 10.1. The van der Waals surface area contributed by atoms with Gasteiger partial charge >= 0.3 is 0 Å². The molecule has 0 aliphatic rings. The van der Waals surface area contributed by atoms with E-state index in [0.29, 0.717) is 43.1 Å². The number of benzene rings is 2. The molecular formula is C23H26FN3O3. The number of hydrogen-bond acceptors (Lipinski definition) is 5. The van der Waals surface area contributed by atoms with E-state index in [2.05, 4.69) is 15.5 Å². The molecule has 1 amide bonds. The smallest absolute Gasteiger partial charge is 0.226 e. The van der Waals surface area contributed by atoms with Crippen LogP contribution in [0.4, 0.5) is 4.39 Å². The summed E-state index contributed by atoms with van der Waals surface area (Å²) in [7, 11) is 0. The molecule has 0 bridgehead atoms. The minimum Gasteiger partial charge on any atom is -0.491 e. The highest BCUT2D eigenvalue weighted by molar-refractivity contribution is 5.75. The van der Waals surface area contributed by atoms with Gasteiger partial charge < -0.3 is 14.6 Å². The zero-order valence-corrected chi connectivity index (χ0v) is 17.2. The van der Waals surface area contributed by atoms with Crippen LogP contribution in [0.3, 0.4) is 0 Å². The first kappa shape index (κ1) is 21.5. The summed E-state index contributed by atoms with van der Waals surface area (Å²) in [6, 6.07) is 13.8. The van der Waals surface area contributed by atoms with Gasteiger partial charge in [-0.05, 0) is 68.7 Å². The Hall–Kier alpha value is -3.22. The lowest BCUT2D eigenvalue weighted by molar-refractivity contribution is -0.121. The Kier molecular flexibility index (Phi) is 7.54. The topological polar surface area (TPSA) is 77.2 Å². The van der Waals surface area contributed by atoms with Gasteiger partial charge in [-0.15, -0.1) is 0 Å². The molecule has 0 fully saturated rings. The van der Waals surface area contributed by atoms with Crippen molar-refractivity contribution in [2.75, 3.05) is 6.54 Å². The van der Waals surface area contributed by atoms with Crippen LogP contribution in [0.5, 0.6) is 5.75 Å². The summed E-state index contributed by atoms with van der Waals surface area (Å²) in [5, 5.41) is 6.83. The van der Waals surface area contributed by atoms with Crippen molar-refractivity contribution in [3.63, 3.8) is 0 Å². The summed E-state index contributed by atoms with van der Waals surface area (Å²) >= 11 is 0. The van der Waals surface area contributed by atoms with Gasteiger partial charge in [0.05, 0.1) is 6.10 Å². The second-order valence-corrected chi connectivity index (χ2v) is 7.28. The fourth-order valence-electron chi connectivity index (χ4n) is 2.91. The Morgan fingerprint density at radius 2 is 1.83 bits per heavy atom. The van der Waals surface area contributed by atoms with Crippen LogP contribution in [0.15, 0.2) is 53.1 Å². The van der Waals surface area contributed by atoms with E-state index in [4.69, 9.17) is 9.26 Å². The second-order valence-electron chi connectivity index (χ2n) is 7.28. The number of aryl methyl sites for hydroxylation is 1. The Balaban J connectivity index is 1.35. The Labute approximate surface area is 175 Å². The van der Waals surface area contributed by atoms with Gasteiger partial charge in [0, 0.05) is 24.9 Å². The van der Waals surface area contributed by atoms with E-state index in [1.807, 2.05) is 38.1 Å². The third-order valence-corrected chi connectivity index (χ3v) is 4.40. The van der Waals surface area contributed by atoms with Crippen LogP contribution in [0, 0.1) is 5.82 Å². The van der Waals surface area contributed by atoms with E-state index in [0.717, 1.165) is 17.7 Å². The van der Waals surface area contributed by atoms with Crippen molar-refractivity contribution in [3.8, 4) is 17.1 Å². The maximum Gasteiger partial charge on any atom is 0.226 e. The average molecular weight is 411 g/mol. The maximum absolute atomic E-state index is 13.0. The third-order valence-electron chi connectivity index (χ3n) is 4.40. The van der Waals surface area contributed by atoms with Crippen LogP contribution in [0.1, 0.15) is 38.1 Å². The van der Waals surface area contributed by atoms with Gasteiger partial charge in [0.1, 0.15) is 11.6 Å². The zero-order chi connectivity index (χ0) is 21.3. The molecule has 0 saturated carbocycles. The van der Waals surface area contributed by atoms with Crippen molar-refractivity contribution in [1.29, 1.82) is 0 Å². The molecule has 0 unspecified atom stereocenters. The summed E-state index contributed by atoms with van der Waals surface area (Å²) in [6.45, 7) is 4.57. The standard InChI is InChI=1S/C23H26FN3O3/c1-16(2)29-20-12-6-17(7-13-20)14-15-25-21(28)4-3-5-22-26-23(27-30-22)18-8-10-19(24)11-9-18/h6-13,16H,3-5,14-15H2,1-2H3,(H,25,28). The number of nitrogens with one attached hydrogen (secondary N) is 1. The summed E-state index contributed by atoms with van der Waals surface area (Å²) in [5.74, 6) is 1.41. The second kappa shape index (κ2) is 10.5. The normalized spacial score (nSPS) is 10.9. The van der Waals surface area contributed by atoms with Crippen LogP contribution in [-0.2, 0) is 17.6 Å². The molecule has 0 saturated heterocycles. The van der Waals surface area contributed by atoms with Crippen molar-refractivity contribution in [2.24, 2.45) is 0 Å². The Morgan fingerprint density at radius 3 is 2.53 bits per heavy atom. The summed E-state index contributed by atoms with van der Waals surface area (Å²) in [6.07, 6.45) is 2.42. The van der Waals surface area contributed by atoms with E-state index in [1.165, 1.54) is 12.1 Å². The molecule has 0 aliphatic carbocycles. The monoisotopic (exact) mass is 411 g/mol. The predicted octanol–water partition coefficient (Wildman–Crippen LogP) is 4.34. The van der Waals surface area contributed by atoms with Crippen molar-refractivity contribution in [3.05, 3.63) is 65.8 Å². The van der Waals surface area contributed by atoms with E-state index >= 15 is 0 Å². The minimum absolute atomic E-state index is 0.00645. The highest BCUT2D eigenvalue weighted by Crippen LogP contribution is 2.17. The van der Waals surface area contributed by atoms with Gasteiger partial charge in [-0.2, -0.15) is 4.98 Å². The van der Waals surface area contributed by atoms with Crippen LogP contribution < -0.4 is 10.1 Å². The maximum atomic E-state index is 13.0. The molecule has 6 nitrogen and oxygen atoms in total. The largest absolute Gasteiger partial charge is 0.491 e. The van der Waals surface area contributed by atoms with Crippen molar-refractivity contribution in [1.82, 2.24) is 15.5 Å². The quantitative estimate of drug-likeness (QED) is 0.537. The number of carbonyl (C=O) groups excluding carboxylic acids is 1. The van der Waals surface area contributed by atoms with E-state index in [9.17, 15) is 9.18 Å². The number of carbonyl (C=O) groups is 1. The fraction of sp³-hybridized carbons (Fsp3) is 0.348. The molecular weight excluding hydrogens is 385 g/mol. The lowest BCUT2D eigenvalue weighted by Crippen LogP contribution is -2.25. The van der Waals surface area contributed by atoms with Crippen molar-refractivity contribution in [2.45, 2.75) is 45.6 Å².